The van der Waals surface area contributed by atoms with Gasteiger partial charge in [-0.3, -0.25) is 14.4 Å². The van der Waals surface area contributed by atoms with Gasteiger partial charge in [-0.2, -0.15) is 0 Å². The number of benzene rings is 1. The van der Waals surface area contributed by atoms with E-state index in [9.17, 15) is 14.4 Å². The number of hydrogen-bond donors (Lipinski definition) is 1. The van der Waals surface area contributed by atoms with Gasteiger partial charge in [-0.1, -0.05) is 29.0 Å². The molecule has 4 rings (SSSR count). The van der Waals surface area contributed by atoms with Crippen LogP contribution in [0, 0.1) is 5.92 Å². The third-order valence-corrected chi connectivity index (χ3v) is 6.76. The van der Waals surface area contributed by atoms with Crippen molar-refractivity contribution in [2.24, 2.45) is 5.92 Å². The summed E-state index contributed by atoms with van der Waals surface area (Å²) in [6, 6.07) is 6.77. The van der Waals surface area contributed by atoms with E-state index in [-0.39, 0.29) is 27.7 Å². The Hall–Kier alpha value is -2.52. The summed E-state index contributed by atoms with van der Waals surface area (Å²) in [6.07, 6.45) is 4.83. The van der Waals surface area contributed by atoms with Crippen LogP contribution in [0.15, 0.2) is 24.3 Å². The number of halogens is 1. The molecule has 0 bridgehead atoms. The van der Waals surface area contributed by atoms with E-state index in [4.69, 9.17) is 11.6 Å². The van der Waals surface area contributed by atoms with E-state index < -0.39 is 5.91 Å². The van der Waals surface area contributed by atoms with Crippen LogP contribution >= 0.6 is 22.9 Å². The van der Waals surface area contributed by atoms with Gasteiger partial charge >= 0.3 is 0 Å². The lowest BCUT2D eigenvalue weighted by molar-refractivity contribution is -0.137. The zero-order valence-electron chi connectivity index (χ0n) is 17.1. The fourth-order valence-corrected chi connectivity index (χ4v) is 4.92. The highest BCUT2D eigenvalue weighted by molar-refractivity contribution is 7.15. The van der Waals surface area contributed by atoms with E-state index in [1.54, 1.807) is 29.2 Å². The van der Waals surface area contributed by atoms with Gasteiger partial charge in [-0.15, -0.1) is 10.2 Å². The number of likely N-dealkylation sites (tertiary alicyclic amines) is 2. The SMILES string of the molecule is O=C(Nc1cccc(Cl)c1)c1nnc(C(=O)N2CCC[C@@H](C(=O)N3CCCCC3)C2)s1. The molecule has 0 unspecified atom stereocenters. The standard InChI is InChI=1S/C21H24ClN5O3S/c22-15-7-4-8-16(12-15)23-17(28)18-24-25-19(31-18)21(30)27-11-5-6-14(13-27)20(29)26-9-2-1-3-10-26/h4,7-8,12,14H,1-3,5-6,9-11,13H2,(H,23,28)/t14-/m1/s1. The van der Waals surface area contributed by atoms with Gasteiger partial charge in [0.25, 0.3) is 11.8 Å². The molecule has 2 aliphatic rings. The summed E-state index contributed by atoms with van der Waals surface area (Å²) in [6.45, 7) is 2.58. The molecule has 2 aliphatic heterocycles. The van der Waals surface area contributed by atoms with Crippen molar-refractivity contribution < 1.29 is 14.4 Å². The van der Waals surface area contributed by atoms with Crippen LogP contribution in [0.5, 0.6) is 0 Å². The highest BCUT2D eigenvalue weighted by Crippen LogP contribution is 2.24. The molecule has 1 N–H and O–H groups in total. The number of amides is 3. The summed E-state index contributed by atoms with van der Waals surface area (Å²) >= 11 is 6.89. The number of aromatic nitrogens is 2. The second-order valence-electron chi connectivity index (χ2n) is 7.85. The van der Waals surface area contributed by atoms with Crippen molar-refractivity contribution in [1.82, 2.24) is 20.0 Å². The van der Waals surface area contributed by atoms with E-state index >= 15 is 0 Å². The lowest BCUT2D eigenvalue weighted by Crippen LogP contribution is -2.47. The van der Waals surface area contributed by atoms with Gasteiger partial charge in [-0.05, 0) is 50.3 Å². The second-order valence-corrected chi connectivity index (χ2v) is 9.27. The highest BCUT2D eigenvalue weighted by Gasteiger charge is 2.33. The van der Waals surface area contributed by atoms with Crippen LogP contribution in [0.2, 0.25) is 5.02 Å². The van der Waals surface area contributed by atoms with E-state index in [1.165, 1.54) is 6.42 Å². The van der Waals surface area contributed by atoms with Crippen molar-refractivity contribution in [2.75, 3.05) is 31.5 Å². The van der Waals surface area contributed by atoms with Crippen LogP contribution in [0.3, 0.4) is 0 Å². The normalized spacial score (nSPS) is 19.2. The molecule has 164 valence electrons. The smallest absolute Gasteiger partial charge is 0.286 e. The topological polar surface area (TPSA) is 95.5 Å². The largest absolute Gasteiger partial charge is 0.342 e. The van der Waals surface area contributed by atoms with Crippen molar-refractivity contribution in [3.05, 3.63) is 39.3 Å². The number of piperidine rings is 2. The van der Waals surface area contributed by atoms with E-state index in [2.05, 4.69) is 15.5 Å². The molecular weight excluding hydrogens is 438 g/mol. The van der Waals surface area contributed by atoms with Gasteiger partial charge in [0.15, 0.2) is 0 Å². The number of hydrogen-bond acceptors (Lipinski definition) is 6. The third kappa shape index (κ3) is 5.22. The summed E-state index contributed by atoms with van der Waals surface area (Å²) in [4.78, 5) is 41.8. The van der Waals surface area contributed by atoms with Crippen molar-refractivity contribution >= 4 is 46.3 Å². The molecule has 1 aromatic heterocycles. The summed E-state index contributed by atoms with van der Waals surface area (Å²) in [7, 11) is 0. The van der Waals surface area contributed by atoms with Gasteiger partial charge in [-0.25, -0.2) is 0 Å². The van der Waals surface area contributed by atoms with Gasteiger partial charge in [0, 0.05) is 36.9 Å². The first-order chi connectivity index (χ1) is 15.0. The summed E-state index contributed by atoms with van der Waals surface area (Å²) < 4.78 is 0. The van der Waals surface area contributed by atoms with E-state index in [0.717, 1.165) is 50.1 Å². The van der Waals surface area contributed by atoms with Crippen LogP contribution in [0.25, 0.3) is 0 Å². The Kier molecular flexibility index (Phi) is 6.82. The number of nitrogens with zero attached hydrogens (tertiary/aromatic N) is 4. The Balaban J connectivity index is 1.38. The Labute approximate surface area is 189 Å². The molecule has 2 saturated heterocycles. The molecule has 1 aromatic carbocycles. The summed E-state index contributed by atoms with van der Waals surface area (Å²) in [5.41, 5.74) is 0.538. The lowest BCUT2D eigenvalue weighted by Gasteiger charge is -2.35. The predicted molar refractivity (Wildman–Crippen MR) is 118 cm³/mol. The molecule has 3 heterocycles. The quantitative estimate of drug-likeness (QED) is 0.753. The lowest BCUT2D eigenvalue weighted by atomic mass is 9.95. The molecule has 8 nitrogen and oxygen atoms in total. The van der Waals surface area contributed by atoms with Crippen LogP contribution in [0.1, 0.15) is 51.7 Å². The molecule has 2 aromatic rings. The summed E-state index contributed by atoms with van der Waals surface area (Å²) in [5, 5.41) is 11.3. The molecule has 0 saturated carbocycles. The van der Waals surface area contributed by atoms with E-state index in [1.807, 2.05) is 4.90 Å². The Morgan fingerprint density at radius 2 is 1.74 bits per heavy atom. The van der Waals surface area contributed by atoms with Gasteiger partial charge < -0.3 is 15.1 Å². The Morgan fingerprint density at radius 1 is 1.00 bits per heavy atom. The molecule has 2 fully saturated rings. The third-order valence-electron chi connectivity index (χ3n) is 5.61. The van der Waals surface area contributed by atoms with Crippen molar-refractivity contribution in [3.63, 3.8) is 0 Å². The fourth-order valence-electron chi connectivity index (χ4n) is 4.02. The maximum atomic E-state index is 12.9. The monoisotopic (exact) mass is 461 g/mol. The number of nitrogens with one attached hydrogen (secondary N) is 1. The average Bonchev–Trinajstić information content (AvgIpc) is 3.29. The maximum Gasteiger partial charge on any atom is 0.286 e. The number of carbonyl (C=O) groups is 3. The molecule has 31 heavy (non-hydrogen) atoms. The molecule has 3 amide bonds. The molecule has 0 aliphatic carbocycles. The minimum absolute atomic E-state index is 0.0984. The van der Waals surface area contributed by atoms with Gasteiger partial charge in [0.05, 0.1) is 5.92 Å². The second kappa shape index (κ2) is 9.74. The molecule has 0 spiro atoms. The van der Waals surface area contributed by atoms with Gasteiger partial charge in [0.1, 0.15) is 0 Å². The zero-order valence-corrected chi connectivity index (χ0v) is 18.6. The maximum absolute atomic E-state index is 12.9. The number of rotatable bonds is 4. The Bertz CT molecular complexity index is 975. The van der Waals surface area contributed by atoms with E-state index in [0.29, 0.717) is 23.8 Å². The zero-order chi connectivity index (χ0) is 21.8. The number of anilines is 1. The molecule has 0 radical (unpaired) electrons. The average molecular weight is 462 g/mol. The first kappa shape index (κ1) is 21.7. The fraction of sp³-hybridized carbons (Fsp3) is 0.476. The minimum Gasteiger partial charge on any atom is -0.342 e. The molecule has 10 heteroatoms. The van der Waals surface area contributed by atoms with Crippen molar-refractivity contribution in [3.8, 4) is 0 Å². The van der Waals surface area contributed by atoms with Crippen molar-refractivity contribution in [2.45, 2.75) is 32.1 Å². The minimum atomic E-state index is -0.449. The van der Waals surface area contributed by atoms with Gasteiger partial charge in [0.2, 0.25) is 15.9 Å². The van der Waals surface area contributed by atoms with Crippen LogP contribution in [0.4, 0.5) is 5.69 Å². The van der Waals surface area contributed by atoms with Crippen LogP contribution < -0.4 is 5.32 Å². The predicted octanol–water partition coefficient (Wildman–Crippen LogP) is 3.31. The van der Waals surface area contributed by atoms with Crippen LogP contribution in [-0.4, -0.2) is 63.9 Å². The van der Waals surface area contributed by atoms with Crippen LogP contribution in [-0.2, 0) is 4.79 Å². The summed E-state index contributed by atoms with van der Waals surface area (Å²) in [5.74, 6) is -0.753. The van der Waals surface area contributed by atoms with Crippen molar-refractivity contribution in [1.29, 1.82) is 0 Å². The first-order valence-electron chi connectivity index (χ1n) is 10.5. The number of carbonyl (C=O) groups excluding carboxylic acids is 3. The highest BCUT2D eigenvalue weighted by atomic mass is 35.5. The Morgan fingerprint density at radius 3 is 2.52 bits per heavy atom. The molecular formula is C21H24ClN5O3S. The first-order valence-corrected chi connectivity index (χ1v) is 11.7. The molecule has 1 atom stereocenters.